The fourth-order valence-electron chi connectivity index (χ4n) is 3.73. The van der Waals surface area contributed by atoms with Gasteiger partial charge >= 0.3 is 11.7 Å². The molecule has 0 spiro atoms. The molecule has 0 fully saturated rings. The Morgan fingerprint density at radius 1 is 1.17 bits per heavy atom. The lowest BCUT2D eigenvalue weighted by atomic mass is 10.2. The molecule has 0 bridgehead atoms. The van der Waals surface area contributed by atoms with Crippen molar-refractivity contribution in [2.75, 3.05) is 0 Å². The summed E-state index contributed by atoms with van der Waals surface area (Å²) >= 11 is 1.14. The summed E-state index contributed by atoms with van der Waals surface area (Å²) in [6.45, 7) is 2.14. The lowest BCUT2D eigenvalue weighted by molar-refractivity contribution is 0.0468. The van der Waals surface area contributed by atoms with Crippen molar-refractivity contribution in [1.82, 2.24) is 18.7 Å². The van der Waals surface area contributed by atoms with Gasteiger partial charge in [0.05, 0.1) is 11.1 Å². The Morgan fingerprint density at radius 2 is 1.93 bits per heavy atom. The van der Waals surface area contributed by atoms with E-state index in [2.05, 4.69) is 4.98 Å². The highest BCUT2D eigenvalue weighted by Gasteiger charge is 2.23. The molecule has 0 aliphatic carbocycles. The van der Waals surface area contributed by atoms with Gasteiger partial charge in [0.25, 0.3) is 11.1 Å². The topological polar surface area (TPSA) is 105 Å². The smallest absolute Gasteiger partial charge is 0.349 e. The molecule has 3 aromatic rings. The summed E-state index contributed by atoms with van der Waals surface area (Å²) in [7, 11) is 2.89. The van der Waals surface area contributed by atoms with Crippen LogP contribution in [0.5, 0.6) is 0 Å². The minimum Gasteiger partial charge on any atom is -0.455 e. The molecule has 10 heteroatoms. The van der Waals surface area contributed by atoms with Gasteiger partial charge in [-0.2, -0.15) is 0 Å². The van der Waals surface area contributed by atoms with Crippen molar-refractivity contribution in [3.05, 3.63) is 59.2 Å². The first-order valence-corrected chi connectivity index (χ1v) is 10.6. The first-order chi connectivity index (χ1) is 14.3. The summed E-state index contributed by atoms with van der Waals surface area (Å²) < 4.78 is 9.33. The molecule has 0 atom stereocenters. The summed E-state index contributed by atoms with van der Waals surface area (Å²) in [5.74, 6) is 0.157. The zero-order valence-electron chi connectivity index (χ0n) is 17.1. The molecule has 0 radical (unpaired) electrons. The van der Waals surface area contributed by atoms with Gasteiger partial charge in [0.2, 0.25) is 0 Å². The number of aromatic nitrogens is 4. The maximum Gasteiger partial charge on any atom is 0.349 e. The van der Waals surface area contributed by atoms with Crippen molar-refractivity contribution in [2.24, 2.45) is 14.1 Å². The third-order valence-corrected chi connectivity index (χ3v) is 6.74. The lowest BCUT2D eigenvalue weighted by Crippen LogP contribution is -2.38. The minimum absolute atomic E-state index is 0.112. The van der Waals surface area contributed by atoms with E-state index in [1.54, 1.807) is 11.5 Å². The van der Waals surface area contributed by atoms with Gasteiger partial charge in [0, 0.05) is 33.1 Å². The van der Waals surface area contributed by atoms with E-state index in [1.807, 2.05) is 0 Å². The summed E-state index contributed by atoms with van der Waals surface area (Å²) in [6, 6.07) is 1.26. The molecule has 4 rings (SSSR count). The Balaban J connectivity index is 1.67. The van der Waals surface area contributed by atoms with Crippen LogP contribution in [0.3, 0.4) is 0 Å². The second kappa shape index (κ2) is 7.67. The van der Waals surface area contributed by atoms with Crippen molar-refractivity contribution >= 4 is 27.5 Å². The normalized spacial score (nSPS) is 13.8. The molecule has 4 heterocycles. The number of carbonyl (C=O) groups excluding carboxylic acids is 1. The Kier molecular flexibility index (Phi) is 5.19. The Morgan fingerprint density at radius 3 is 2.70 bits per heavy atom. The van der Waals surface area contributed by atoms with E-state index in [0.29, 0.717) is 32.9 Å². The SMILES string of the molecule is Cc1c(C(=O)OCc2cc(=O)n(C)c(=O)n2C)sc2nc3n(c(=O)c12)CCCCC3. The number of ether oxygens (including phenoxy) is 1. The first-order valence-electron chi connectivity index (χ1n) is 9.75. The van der Waals surface area contributed by atoms with Crippen molar-refractivity contribution < 1.29 is 9.53 Å². The van der Waals surface area contributed by atoms with Gasteiger partial charge in [-0.15, -0.1) is 11.3 Å². The van der Waals surface area contributed by atoms with E-state index in [4.69, 9.17) is 4.74 Å². The number of nitrogens with zero attached hydrogens (tertiary/aromatic N) is 4. The quantitative estimate of drug-likeness (QED) is 0.579. The van der Waals surface area contributed by atoms with Crippen LogP contribution in [0.1, 0.15) is 46.0 Å². The molecule has 0 aromatic carbocycles. The number of fused-ring (bicyclic) bond motifs is 2. The molecule has 1 aliphatic rings. The van der Waals surface area contributed by atoms with Gasteiger partial charge in [0.1, 0.15) is 22.1 Å². The highest BCUT2D eigenvalue weighted by atomic mass is 32.1. The van der Waals surface area contributed by atoms with Gasteiger partial charge in [-0.05, 0) is 25.3 Å². The molecular weight excluding hydrogens is 408 g/mol. The van der Waals surface area contributed by atoms with Gasteiger partial charge in [-0.1, -0.05) is 6.42 Å². The lowest BCUT2D eigenvalue weighted by Gasteiger charge is -2.09. The van der Waals surface area contributed by atoms with E-state index in [9.17, 15) is 19.2 Å². The largest absolute Gasteiger partial charge is 0.455 e. The molecule has 1 aliphatic heterocycles. The maximum atomic E-state index is 13.0. The molecule has 30 heavy (non-hydrogen) atoms. The monoisotopic (exact) mass is 430 g/mol. The molecule has 0 saturated carbocycles. The number of aryl methyl sites for hydroxylation is 2. The van der Waals surface area contributed by atoms with Crippen LogP contribution in [-0.4, -0.2) is 24.7 Å². The van der Waals surface area contributed by atoms with E-state index >= 15 is 0 Å². The maximum absolute atomic E-state index is 13.0. The van der Waals surface area contributed by atoms with Crippen LogP contribution in [0, 0.1) is 6.92 Å². The second-order valence-electron chi connectivity index (χ2n) is 7.48. The van der Waals surface area contributed by atoms with Crippen LogP contribution >= 0.6 is 11.3 Å². The van der Waals surface area contributed by atoms with E-state index in [-0.39, 0.29) is 12.2 Å². The first kappa shape index (κ1) is 20.3. The summed E-state index contributed by atoms with van der Waals surface area (Å²) in [5, 5.41) is 0.457. The van der Waals surface area contributed by atoms with Crippen molar-refractivity contribution in [3.8, 4) is 0 Å². The van der Waals surface area contributed by atoms with Crippen LogP contribution in [0.15, 0.2) is 20.4 Å². The minimum atomic E-state index is -0.608. The Labute approximate surface area is 175 Å². The molecule has 0 saturated heterocycles. The highest BCUT2D eigenvalue weighted by molar-refractivity contribution is 7.20. The summed E-state index contributed by atoms with van der Waals surface area (Å²) in [5.41, 5.74) is -0.236. The van der Waals surface area contributed by atoms with Gasteiger partial charge in [0.15, 0.2) is 0 Å². The fraction of sp³-hybridized carbons (Fsp3) is 0.450. The molecule has 3 aromatic heterocycles. The number of carbonyl (C=O) groups is 1. The molecular formula is C20H22N4O5S. The predicted octanol–water partition coefficient (Wildman–Crippen LogP) is 1.25. The number of esters is 1. The van der Waals surface area contributed by atoms with Gasteiger partial charge in [-0.3, -0.25) is 23.3 Å². The average Bonchev–Trinajstić information content (AvgIpc) is 2.89. The van der Waals surface area contributed by atoms with Crippen LogP contribution in [0.25, 0.3) is 10.2 Å². The number of rotatable bonds is 3. The zero-order valence-corrected chi connectivity index (χ0v) is 17.9. The highest BCUT2D eigenvalue weighted by Crippen LogP contribution is 2.29. The van der Waals surface area contributed by atoms with Crippen molar-refractivity contribution in [1.29, 1.82) is 0 Å². The fourth-order valence-corrected chi connectivity index (χ4v) is 4.81. The Hall–Kier alpha value is -3.01. The molecule has 0 amide bonds. The number of hydrogen-bond acceptors (Lipinski definition) is 7. The molecule has 0 unspecified atom stereocenters. The predicted molar refractivity (Wildman–Crippen MR) is 112 cm³/mol. The van der Waals surface area contributed by atoms with Gasteiger partial charge < -0.3 is 4.74 Å². The second-order valence-corrected chi connectivity index (χ2v) is 8.48. The molecule has 0 N–H and O–H groups in total. The standard InChI is InChI=1S/C20H22N4O5S/c1-11-15-17(21-13-7-5-4-6-8-24(13)18(15)26)30-16(11)19(27)29-10-12-9-14(25)23(3)20(28)22(12)2/h9H,4-8,10H2,1-3H3. The van der Waals surface area contributed by atoms with E-state index in [0.717, 1.165) is 47.4 Å². The Bertz CT molecular complexity index is 1340. The summed E-state index contributed by atoms with van der Waals surface area (Å²) in [4.78, 5) is 55.1. The third-order valence-electron chi connectivity index (χ3n) is 5.57. The number of hydrogen-bond donors (Lipinski definition) is 0. The zero-order chi connectivity index (χ0) is 21.6. The van der Waals surface area contributed by atoms with Crippen molar-refractivity contribution in [2.45, 2.75) is 45.8 Å². The average molecular weight is 430 g/mol. The van der Waals surface area contributed by atoms with Crippen LogP contribution in [0.2, 0.25) is 0 Å². The van der Waals surface area contributed by atoms with Crippen LogP contribution < -0.4 is 16.8 Å². The third kappa shape index (κ3) is 3.30. The number of thiophene rings is 1. The van der Waals surface area contributed by atoms with Crippen LogP contribution in [0.4, 0.5) is 0 Å². The van der Waals surface area contributed by atoms with E-state index < -0.39 is 17.2 Å². The van der Waals surface area contributed by atoms with Crippen molar-refractivity contribution in [3.63, 3.8) is 0 Å². The molecule has 158 valence electrons. The van der Waals surface area contributed by atoms with Crippen LogP contribution in [-0.2, 0) is 38.4 Å². The van der Waals surface area contributed by atoms with E-state index in [1.165, 1.54) is 24.7 Å². The summed E-state index contributed by atoms with van der Waals surface area (Å²) in [6.07, 6.45) is 3.75. The molecule has 9 nitrogen and oxygen atoms in total. The van der Waals surface area contributed by atoms with Gasteiger partial charge in [-0.25, -0.2) is 14.6 Å².